The Hall–Kier alpha value is -2.45. The van der Waals surface area contributed by atoms with E-state index in [1.165, 1.54) is 6.21 Å². The molecule has 122 valence electrons. The van der Waals surface area contributed by atoms with Crippen molar-refractivity contribution in [1.29, 1.82) is 0 Å². The maximum Gasteiger partial charge on any atom is 0.142 e. The predicted octanol–water partition coefficient (Wildman–Crippen LogP) is 2.54. The topological polar surface area (TPSA) is 48.3 Å². The van der Waals surface area contributed by atoms with Gasteiger partial charge < -0.3 is 19.7 Å². The van der Waals surface area contributed by atoms with Gasteiger partial charge in [0.15, 0.2) is 0 Å². The molecule has 2 unspecified atom stereocenters. The highest BCUT2D eigenvalue weighted by molar-refractivity contribution is 5.64. The van der Waals surface area contributed by atoms with Crippen molar-refractivity contribution in [1.82, 2.24) is 9.80 Å². The smallest absolute Gasteiger partial charge is 0.142 e. The van der Waals surface area contributed by atoms with Crippen molar-refractivity contribution in [3.63, 3.8) is 0 Å². The molecular weight excluding hydrogens is 290 g/mol. The molecule has 0 saturated heterocycles. The van der Waals surface area contributed by atoms with Crippen molar-refractivity contribution in [2.24, 2.45) is 11.1 Å². The molecule has 0 radical (unpaired) electrons. The van der Waals surface area contributed by atoms with Gasteiger partial charge in [0.1, 0.15) is 19.0 Å². The van der Waals surface area contributed by atoms with Gasteiger partial charge in [-0.3, -0.25) is 0 Å². The van der Waals surface area contributed by atoms with Crippen LogP contribution in [0.4, 0.5) is 0 Å². The van der Waals surface area contributed by atoms with Crippen LogP contribution in [0.5, 0.6) is 0 Å². The van der Waals surface area contributed by atoms with E-state index in [4.69, 9.17) is 9.94 Å². The fourth-order valence-electron chi connectivity index (χ4n) is 2.21. The van der Waals surface area contributed by atoms with Crippen molar-refractivity contribution in [3.8, 4) is 11.8 Å². The molecule has 2 atom stereocenters. The van der Waals surface area contributed by atoms with E-state index in [-0.39, 0.29) is 18.2 Å². The van der Waals surface area contributed by atoms with Gasteiger partial charge in [0.2, 0.25) is 0 Å². The lowest BCUT2D eigenvalue weighted by Crippen LogP contribution is -2.40. The van der Waals surface area contributed by atoms with Crippen LogP contribution in [0.1, 0.15) is 19.4 Å². The normalized spacial score (nSPS) is 18.5. The SMILES string of the molecule is CC(C)C(C#Cc1ccccc1)OCN1C=CN(C)C1/C=N\O. The molecular formula is C18H23N3O2. The second kappa shape index (κ2) is 8.25. The molecule has 1 aliphatic rings. The summed E-state index contributed by atoms with van der Waals surface area (Å²) >= 11 is 0. The van der Waals surface area contributed by atoms with E-state index >= 15 is 0 Å². The van der Waals surface area contributed by atoms with Crippen LogP contribution in [-0.2, 0) is 4.74 Å². The molecule has 1 N–H and O–H groups in total. The zero-order valence-electron chi connectivity index (χ0n) is 13.8. The van der Waals surface area contributed by atoms with Crippen LogP contribution >= 0.6 is 0 Å². The Morgan fingerprint density at radius 1 is 1.30 bits per heavy atom. The standard InChI is InChI=1S/C18H23N3O2/c1-15(2)17(10-9-16-7-5-4-6-8-16)23-14-21-12-11-20(3)18(21)13-19-22/h4-8,11-13,15,17-18,22H,14H2,1-3H3/b19-13-. The molecule has 2 rings (SSSR count). The molecule has 0 saturated carbocycles. The zero-order valence-corrected chi connectivity index (χ0v) is 13.8. The van der Waals surface area contributed by atoms with Gasteiger partial charge in [-0.1, -0.05) is 49.0 Å². The molecule has 0 bridgehead atoms. The van der Waals surface area contributed by atoms with Gasteiger partial charge in [0.05, 0.1) is 6.21 Å². The molecule has 1 aromatic carbocycles. The first-order chi connectivity index (χ1) is 11.1. The van der Waals surface area contributed by atoms with E-state index in [1.54, 1.807) is 0 Å². The summed E-state index contributed by atoms with van der Waals surface area (Å²) in [6.45, 7) is 4.55. The molecule has 1 aromatic rings. The highest BCUT2D eigenvalue weighted by Gasteiger charge is 2.23. The molecule has 0 aliphatic carbocycles. The van der Waals surface area contributed by atoms with Gasteiger partial charge in [0, 0.05) is 25.0 Å². The van der Waals surface area contributed by atoms with Crippen LogP contribution in [0.3, 0.4) is 0 Å². The Kier molecular flexibility index (Phi) is 6.07. The second-order valence-electron chi connectivity index (χ2n) is 5.75. The lowest BCUT2D eigenvalue weighted by atomic mass is 10.1. The minimum atomic E-state index is -0.166. The maximum atomic E-state index is 8.76. The summed E-state index contributed by atoms with van der Waals surface area (Å²) in [6, 6.07) is 9.88. The number of ether oxygens (including phenoxy) is 1. The minimum absolute atomic E-state index is 0.144. The Labute approximate surface area is 137 Å². The summed E-state index contributed by atoms with van der Waals surface area (Å²) in [7, 11) is 1.91. The third-order valence-electron chi connectivity index (χ3n) is 3.59. The van der Waals surface area contributed by atoms with Crippen molar-refractivity contribution in [2.75, 3.05) is 13.8 Å². The van der Waals surface area contributed by atoms with Crippen molar-refractivity contribution in [2.45, 2.75) is 26.1 Å². The van der Waals surface area contributed by atoms with Gasteiger partial charge in [-0.2, -0.15) is 0 Å². The Morgan fingerprint density at radius 2 is 2.04 bits per heavy atom. The van der Waals surface area contributed by atoms with Gasteiger partial charge in [0.25, 0.3) is 0 Å². The Morgan fingerprint density at radius 3 is 2.70 bits per heavy atom. The summed E-state index contributed by atoms with van der Waals surface area (Å²) < 4.78 is 5.97. The van der Waals surface area contributed by atoms with Crippen LogP contribution < -0.4 is 0 Å². The van der Waals surface area contributed by atoms with E-state index in [9.17, 15) is 0 Å². The number of benzene rings is 1. The molecule has 5 nitrogen and oxygen atoms in total. The monoisotopic (exact) mass is 313 g/mol. The van der Waals surface area contributed by atoms with Crippen LogP contribution in [-0.4, -0.2) is 47.3 Å². The molecule has 23 heavy (non-hydrogen) atoms. The van der Waals surface area contributed by atoms with Crippen molar-refractivity contribution >= 4 is 6.21 Å². The molecule has 0 spiro atoms. The van der Waals surface area contributed by atoms with E-state index in [0.29, 0.717) is 6.73 Å². The third-order valence-corrected chi connectivity index (χ3v) is 3.59. The number of hydrogen-bond donors (Lipinski definition) is 1. The van der Waals surface area contributed by atoms with Gasteiger partial charge in [-0.25, -0.2) is 0 Å². The van der Waals surface area contributed by atoms with Crippen LogP contribution in [0.2, 0.25) is 0 Å². The predicted molar refractivity (Wildman–Crippen MR) is 90.7 cm³/mol. The quantitative estimate of drug-likeness (QED) is 0.393. The summed E-state index contributed by atoms with van der Waals surface area (Å²) in [4.78, 5) is 3.88. The molecule has 1 heterocycles. The average Bonchev–Trinajstić information content (AvgIpc) is 2.89. The van der Waals surface area contributed by atoms with Crippen LogP contribution in [0.15, 0.2) is 47.9 Å². The fraction of sp³-hybridized carbons (Fsp3) is 0.389. The van der Waals surface area contributed by atoms with Crippen LogP contribution in [0.25, 0.3) is 0 Å². The summed E-state index contributed by atoms with van der Waals surface area (Å²) in [5, 5.41) is 11.9. The lowest BCUT2D eigenvalue weighted by molar-refractivity contribution is -0.0100. The first-order valence-electron chi connectivity index (χ1n) is 7.63. The third kappa shape index (κ3) is 4.76. The van der Waals surface area contributed by atoms with E-state index < -0.39 is 0 Å². The molecule has 1 aliphatic heterocycles. The fourth-order valence-corrected chi connectivity index (χ4v) is 2.21. The maximum absolute atomic E-state index is 8.76. The van der Waals surface area contributed by atoms with Gasteiger partial charge in [-0.15, -0.1) is 0 Å². The van der Waals surface area contributed by atoms with E-state index in [0.717, 1.165) is 5.56 Å². The average molecular weight is 313 g/mol. The first-order valence-corrected chi connectivity index (χ1v) is 7.63. The molecule has 0 amide bonds. The Bertz CT molecular complexity index is 602. The largest absolute Gasteiger partial charge is 0.411 e. The molecule has 0 fully saturated rings. The van der Waals surface area contributed by atoms with Gasteiger partial charge >= 0.3 is 0 Å². The Balaban J connectivity index is 1.98. The minimum Gasteiger partial charge on any atom is -0.411 e. The number of nitrogens with zero attached hydrogens (tertiary/aromatic N) is 3. The second-order valence-corrected chi connectivity index (χ2v) is 5.75. The van der Waals surface area contributed by atoms with E-state index in [2.05, 4.69) is 30.8 Å². The lowest BCUT2D eigenvalue weighted by Gasteiger charge is -2.28. The zero-order chi connectivity index (χ0) is 16.7. The number of rotatable bonds is 5. The molecule has 5 heteroatoms. The highest BCUT2D eigenvalue weighted by atomic mass is 16.5. The van der Waals surface area contributed by atoms with E-state index in [1.807, 2.05) is 59.6 Å². The molecule has 0 aromatic heterocycles. The number of hydrogen-bond acceptors (Lipinski definition) is 5. The summed E-state index contributed by atoms with van der Waals surface area (Å²) in [5.41, 5.74) is 0.979. The first kappa shape index (κ1) is 16.9. The van der Waals surface area contributed by atoms with Crippen molar-refractivity contribution in [3.05, 3.63) is 48.3 Å². The van der Waals surface area contributed by atoms with Gasteiger partial charge in [-0.05, 0) is 18.1 Å². The van der Waals surface area contributed by atoms with Crippen molar-refractivity contribution < 1.29 is 9.94 Å². The highest BCUT2D eigenvalue weighted by Crippen LogP contribution is 2.14. The number of oxime groups is 1. The summed E-state index contributed by atoms with van der Waals surface area (Å²) in [5.74, 6) is 6.63. The van der Waals surface area contributed by atoms with Crippen LogP contribution in [0, 0.1) is 17.8 Å². The summed E-state index contributed by atoms with van der Waals surface area (Å²) in [6.07, 6.45) is 4.98.